The fraction of sp³-hybridized carbons (Fsp3) is 0.444. The van der Waals surface area contributed by atoms with Crippen molar-refractivity contribution in [2.24, 2.45) is 0 Å². The smallest absolute Gasteiger partial charge is 0.224 e. The molecule has 1 N–H and O–H groups in total. The lowest BCUT2D eigenvalue weighted by Gasteiger charge is -2.26. The third-order valence-electron chi connectivity index (χ3n) is 4.15. The van der Waals surface area contributed by atoms with Crippen LogP contribution in [0.15, 0.2) is 30.6 Å². The highest BCUT2D eigenvalue weighted by Crippen LogP contribution is 2.17. The summed E-state index contributed by atoms with van der Waals surface area (Å²) < 4.78 is 0. The Hall–Kier alpha value is -2.50. The Morgan fingerprint density at radius 3 is 2.67 bits per heavy atom. The standard InChI is InChI=1S/C18H23N5O/c1-14-13-16(22-18(21-14)15-5-8-19-9-6-15)20-10-7-17(24)23-11-3-2-4-12-23/h5-6,8-9,13H,2-4,7,10-12H2,1H3,(H,20,21,22). The van der Waals surface area contributed by atoms with Crippen LogP contribution in [0.25, 0.3) is 11.4 Å². The zero-order valence-corrected chi connectivity index (χ0v) is 14.0. The van der Waals surface area contributed by atoms with Gasteiger partial charge in [0.1, 0.15) is 5.82 Å². The zero-order chi connectivity index (χ0) is 16.8. The van der Waals surface area contributed by atoms with E-state index in [0.717, 1.165) is 43.0 Å². The van der Waals surface area contributed by atoms with E-state index >= 15 is 0 Å². The molecule has 1 amide bonds. The van der Waals surface area contributed by atoms with E-state index in [2.05, 4.69) is 20.3 Å². The minimum atomic E-state index is 0.224. The third-order valence-corrected chi connectivity index (χ3v) is 4.15. The molecule has 1 saturated heterocycles. The number of rotatable bonds is 5. The monoisotopic (exact) mass is 325 g/mol. The molecule has 0 bridgehead atoms. The second kappa shape index (κ2) is 7.86. The molecule has 126 valence electrons. The molecule has 1 aliphatic heterocycles. The van der Waals surface area contributed by atoms with Crippen LogP contribution in [-0.2, 0) is 4.79 Å². The summed E-state index contributed by atoms with van der Waals surface area (Å²) in [7, 11) is 0. The van der Waals surface area contributed by atoms with Crippen LogP contribution in [0.4, 0.5) is 5.82 Å². The number of piperidine rings is 1. The third kappa shape index (κ3) is 4.28. The highest BCUT2D eigenvalue weighted by atomic mass is 16.2. The molecule has 2 aromatic rings. The summed E-state index contributed by atoms with van der Waals surface area (Å²) in [5, 5.41) is 3.25. The summed E-state index contributed by atoms with van der Waals surface area (Å²) in [6.07, 6.45) is 7.43. The van der Waals surface area contributed by atoms with Gasteiger partial charge in [0.15, 0.2) is 5.82 Å². The minimum Gasteiger partial charge on any atom is -0.369 e. The summed E-state index contributed by atoms with van der Waals surface area (Å²) in [6.45, 7) is 4.33. The van der Waals surface area contributed by atoms with Crippen LogP contribution in [0.5, 0.6) is 0 Å². The molecule has 0 aliphatic carbocycles. The van der Waals surface area contributed by atoms with Gasteiger partial charge in [-0.25, -0.2) is 9.97 Å². The molecule has 0 saturated carbocycles. The number of carbonyl (C=O) groups is 1. The minimum absolute atomic E-state index is 0.224. The van der Waals surface area contributed by atoms with Gasteiger partial charge >= 0.3 is 0 Å². The average molecular weight is 325 g/mol. The molecule has 0 radical (unpaired) electrons. The molecule has 6 nitrogen and oxygen atoms in total. The SMILES string of the molecule is Cc1cc(NCCC(=O)N2CCCCC2)nc(-c2ccncc2)n1. The zero-order valence-electron chi connectivity index (χ0n) is 14.0. The highest BCUT2D eigenvalue weighted by molar-refractivity contribution is 5.76. The molecule has 2 aromatic heterocycles. The fourth-order valence-corrected chi connectivity index (χ4v) is 2.89. The van der Waals surface area contributed by atoms with Gasteiger partial charge in [0.05, 0.1) is 0 Å². The number of hydrogen-bond donors (Lipinski definition) is 1. The summed E-state index contributed by atoms with van der Waals surface area (Å²) >= 11 is 0. The second-order valence-electron chi connectivity index (χ2n) is 6.07. The molecule has 3 heterocycles. The van der Waals surface area contributed by atoms with E-state index in [1.54, 1.807) is 12.4 Å². The fourth-order valence-electron chi connectivity index (χ4n) is 2.89. The van der Waals surface area contributed by atoms with Gasteiger partial charge in [-0.05, 0) is 38.3 Å². The number of aromatic nitrogens is 3. The lowest BCUT2D eigenvalue weighted by molar-refractivity contribution is -0.131. The van der Waals surface area contributed by atoms with Gasteiger partial charge in [-0.2, -0.15) is 0 Å². The van der Waals surface area contributed by atoms with E-state index in [1.165, 1.54) is 6.42 Å². The lowest BCUT2D eigenvalue weighted by atomic mass is 10.1. The Morgan fingerprint density at radius 2 is 1.92 bits per heavy atom. The van der Waals surface area contributed by atoms with Crippen LogP contribution < -0.4 is 5.32 Å². The largest absolute Gasteiger partial charge is 0.369 e. The van der Waals surface area contributed by atoms with Gasteiger partial charge in [0, 0.05) is 55.8 Å². The Bertz CT molecular complexity index is 683. The first-order chi connectivity index (χ1) is 11.7. The van der Waals surface area contributed by atoms with Gasteiger partial charge in [-0.1, -0.05) is 0 Å². The van der Waals surface area contributed by atoms with E-state index in [9.17, 15) is 4.79 Å². The number of nitrogens with one attached hydrogen (secondary N) is 1. The van der Waals surface area contributed by atoms with Gasteiger partial charge in [0.2, 0.25) is 5.91 Å². The predicted octanol–water partition coefficient (Wildman–Crippen LogP) is 2.66. The number of carbonyl (C=O) groups excluding carboxylic acids is 1. The molecule has 6 heteroatoms. The maximum absolute atomic E-state index is 12.2. The number of aryl methyl sites for hydroxylation is 1. The van der Waals surface area contributed by atoms with Gasteiger partial charge in [0.25, 0.3) is 0 Å². The van der Waals surface area contributed by atoms with Crippen molar-refractivity contribution in [2.75, 3.05) is 25.0 Å². The van der Waals surface area contributed by atoms with Crippen molar-refractivity contribution in [1.82, 2.24) is 19.9 Å². The van der Waals surface area contributed by atoms with E-state index in [4.69, 9.17) is 0 Å². The van der Waals surface area contributed by atoms with E-state index in [-0.39, 0.29) is 5.91 Å². The number of nitrogens with zero attached hydrogens (tertiary/aromatic N) is 4. The number of anilines is 1. The van der Waals surface area contributed by atoms with Crippen molar-refractivity contribution in [3.05, 3.63) is 36.3 Å². The molecular weight excluding hydrogens is 302 g/mol. The van der Waals surface area contributed by atoms with Crippen molar-refractivity contribution < 1.29 is 4.79 Å². The topological polar surface area (TPSA) is 71.0 Å². The summed E-state index contributed by atoms with van der Waals surface area (Å²) in [6, 6.07) is 5.67. The van der Waals surface area contributed by atoms with Crippen LogP contribution in [-0.4, -0.2) is 45.4 Å². The normalized spacial score (nSPS) is 14.5. The molecule has 1 fully saturated rings. The van der Waals surface area contributed by atoms with Gasteiger partial charge < -0.3 is 10.2 Å². The van der Waals surface area contributed by atoms with Gasteiger partial charge in [-0.15, -0.1) is 0 Å². The van der Waals surface area contributed by atoms with Crippen molar-refractivity contribution in [1.29, 1.82) is 0 Å². The van der Waals surface area contributed by atoms with Crippen LogP contribution in [0.3, 0.4) is 0 Å². The Labute approximate surface area is 142 Å². The van der Waals surface area contributed by atoms with Crippen molar-refractivity contribution >= 4 is 11.7 Å². The number of likely N-dealkylation sites (tertiary alicyclic amines) is 1. The van der Waals surface area contributed by atoms with Crippen LogP contribution >= 0.6 is 0 Å². The van der Waals surface area contributed by atoms with Crippen LogP contribution in [0.1, 0.15) is 31.4 Å². The maximum Gasteiger partial charge on any atom is 0.224 e. The van der Waals surface area contributed by atoms with E-state index in [1.807, 2.05) is 30.0 Å². The Balaban J connectivity index is 1.59. The molecular formula is C18H23N5O. The summed E-state index contributed by atoms with van der Waals surface area (Å²) in [5.41, 5.74) is 1.82. The van der Waals surface area contributed by atoms with Gasteiger partial charge in [-0.3, -0.25) is 9.78 Å². The Kier molecular flexibility index (Phi) is 5.36. The first-order valence-corrected chi connectivity index (χ1v) is 8.50. The molecule has 0 spiro atoms. The van der Waals surface area contributed by atoms with Crippen molar-refractivity contribution in [2.45, 2.75) is 32.6 Å². The molecule has 0 unspecified atom stereocenters. The number of hydrogen-bond acceptors (Lipinski definition) is 5. The average Bonchev–Trinajstić information content (AvgIpc) is 2.63. The van der Waals surface area contributed by atoms with Crippen LogP contribution in [0, 0.1) is 6.92 Å². The van der Waals surface area contributed by atoms with Crippen LogP contribution in [0.2, 0.25) is 0 Å². The first-order valence-electron chi connectivity index (χ1n) is 8.50. The highest BCUT2D eigenvalue weighted by Gasteiger charge is 2.15. The van der Waals surface area contributed by atoms with Crippen molar-refractivity contribution in [3.63, 3.8) is 0 Å². The molecule has 3 rings (SSSR count). The van der Waals surface area contributed by atoms with Crippen molar-refractivity contribution in [3.8, 4) is 11.4 Å². The lowest BCUT2D eigenvalue weighted by Crippen LogP contribution is -2.36. The quantitative estimate of drug-likeness (QED) is 0.915. The Morgan fingerprint density at radius 1 is 1.17 bits per heavy atom. The maximum atomic E-state index is 12.2. The van der Waals surface area contributed by atoms with E-state index in [0.29, 0.717) is 18.8 Å². The first kappa shape index (κ1) is 16.4. The van der Waals surface area contributed by atoms with E-state index < -0.39 is 0 Å². The number of amides is 1. The predicted molar refractivity (Wildman–Crippen MR) is 93.5 cm³/mol. The molecule has 0 atom stereocenters. The summed E-state index contributed by atoms with van der Waals surface area (Å²) in [4.78, 5) is 27.2. The molecule has 0 aromatic carbocycles. The molecule has 1 aliphatic rings. The second-order valence-corrected chi connectivity index (χ2v) is 6.07. The summed E-state index contributed by atoms with van der Waals surface area (Å²) in [5.74, 6) is 1.64. The molecule has 24 heavy (non-hydrogen) atoms. The number of pyridine rings is 1.